The average Bonchev–Trinajstić information content (AvgIpc) is 3.00. The van der Waals surface area contributed by atoms with E-state index in [4.69, 9.17) is 0 Å². The van der Waals surface area contributed by atoms with Gasteiger partial charge in [-0.2, -0.15) is 5.10 Å². The minimum Gasteiger partial charge on any atom is -0.273 e. The van der Waals surface area contributed by atoms with Gasteiger partial charge in [-0.25, -0.2) is 14.4 Å². The molecule has 7 heteroatoms. The molecule has 4 rings (SSSR count). The molecule has 0 unspecified atom stereocenters. The van der Waals surface area contributed by atoms with E-state index in [0.29, 0.717) is 16.9 Å². The number of aryl methyl sites for hydroxylation is 2. The van der Waals surface area contributed by atoms with E-state index in [9.17, 15) is 14.4 Å². The van der Waals surface area contributed by atoms with E-state index in [1.54, 1.807) is 35.0 Å². The largest absolute Gasteiger partial charge is 0.335 e. The molecule has 0 radical (unpaired) electrons. The lowest BCUT2D eigenvalue weighted by Gasteiger charge is -2.26. The normalized spacial score (nSPS) is 15.6. The molecule has 7 nitrogen and oxygen atoms in total. The Morgan fingerprint density at radius 1 is 0.867 bits per heavy atom. The predicted octanol–water partition coefficient (Wildman–Crippen LogP) is 3.46. The quantitative estimate of drug-likeness (QED) is 0.539. The number of hydrogen-bond donors (Lipinski definition) is 1. The number of carbonyl (C=O) groups is 3. The third kappa shape index (κ3) is 3.30. The first kappa shape index (κ1) is 19.3. The number of para-hydroxylation sites is 1. The highest BCUT2D eigenvalue weighted by atomic mass is 16.2. The first-order valence-electron chi connectivity index (χ1n) is 9.46. The van der Waals surface area contributed by atoms with Gasteiger partial charge in [-0.05, 0) is 51.1 Å². The SMILES string of the molecule is Cc1ccc(-n2nc(C)c(/C=C3/C(=O)NC(=O)N(c4ccccc4)C3=O)c2C)cc1. The summed E-state index contributed by atoms with van der Waals surface area (Å²) in [4.78, 5) is 38.7. The maximum Gasteiger partial charge on any atom is 0.335 e. The van der Waals surface area contributed by atoms with Crippen molar-refractivity contribution in [2.45, 2.75) is 20.8 Å². The first-order valence-corrected chi connectivity index (χ1v) is 9.46. The molecular formula is C23H20N4O3. The molecule has 30 heavy (non-hydrogen) atoms. The summed E-state index contributed by atoms with van der Waals surface area (Å²) in [5, 5.41) is 6.81. The maximum atomic E-state index is 13.0. The minimum atomic E-state index is -0.767. The zero-order valence-electron chi connectivity index (χ0n) is 16.8. The van der Waals surface area contributed by atoms with Gasteiger partial charge >= 0.3 is 6.03 Å². The smallest absolute Gasteiger partial charge is 0.273 e. The van der Waals surface area contributed by atoms with E-state index in [1.165, 1.54) is 6.08 Å². The Hall–Kier alpha value is -4.00. The molecule has 150 valence electrons. The van der Waals surface area contributed by atoms with E-state index in [-0.39, 0.29) is 5.57 Å². The summed E-state index contributed by atoms with van der Waals surface area (Å²) in [5.41, 5.74) is 4.41. The van der Waals surface area contributed by atoms with Crippen LogP contribution in [0.25, 0.3) is 11.8 Å². The highest BCUT2D eigenvalue weighted by molar-refractivity contribution is 6.39. The number of rotatable bonds is 3. The number of anilines is 1. The summed E-state index contributed by atoms with van der Waals surface area (Å²) in [6.07, 6.45) is 1.50. The van der Waals surface area contributed by atoms with Crippen molar-refractivity contribution < 1.29 is 14.4 Å². The number of benzene rings is 2. The Morgan fingerprint density at radius 3 is 2.20 bits per heavy atom. The van der Waals surface area contributed by atoms with Crippen LogP contribution in [-0.2, 0) is 9.59 Å². The fourth-order valence-electron chi connectivity index (χ4n) is 3.41. The standard InChI is InChI=1S/C23H20N4O3/c1-14-9-11-18(12-10-14)27-16(3)19(15(2)25-27)13-20-21(28)24-23(30)26(22(20)29)17-7-5-4-6-8-17/h4-13H,1-3H3,(H,24,28,30)/b20-13-. The van der Waals surface area contributed by atoms with E-state index < -0.39 is 17.8 Å². The van der Waals surface area contributed by atoms with Crippen molar-refractivity contribution in [1.29, 1.82) is 0 Å². The summed E-state index contributed by atoms with van der Waals surface area (Å²) >= 11 is 0. The van der Waals surface area contributed by atoms with E-state index in [2.05, 4.69) is 10.4 Å². The second kappa shape index (κ2) is 7.44. The lowest BCUT2D eigenvalue weighted by molar-refractivity contribution is -0.122. The number of urea groups is 1. The second-order valence-electron chi connectivity index (χ2n) is 7.13. The van der Waals surface area contributed by atoms with Crippen molar-refractivity contribution in [3.63, 3.8) is 0 Å². The van der Waals surface area contributed by atoms with Gasteiger partial charge in [0.25, 0.3) is 11.8 Å². The van der Waals surface area contributed by atoms with Crippen LogP contribution in [0, 0.1) is 20.8 Å². The number of imide groups is 2. The number of amides is 4. The monoisotopic (exact) mass is 400 g/mol. The Morgan fingerprint density at radius 2 is 1.53 bits per heavy atom. The number of carbonyl (C=O) groups excluding carboxylic acids is 3. The van der Waals surface area contributed by atoms with Crippen LogP contribution in [0.5, 0.6) is 0 Å². The highest BCUT2D eigenvalue weighted by Crippen LogP contribution is 2.25. The van der Waals surface area contributed by atoms with Gasteiger partial charge in [-0.1, -0.05) is 35.9 Å². The van der Waals surface area contributed by atoms with Gasteiger partial charge in [-0.15, -0.1) is 0 Å². The van der Waals surface area contributed by atoms with E-state index in [0.717, 1.165) is 21.8 Å². The van der Waals surface area contributed by atoms with Gasteiger partial charge in [0.2, 0.25) is 0 Å². The third-order valence-corrected chi connectivity index (χ3v) is 5.03. The van der Waals surface area contributed by atoms with Crippen molar-refractivity contribution >= 4 is 29.6 Å². The summed E-state index contributed by atoms with van der Waals surface area (Å²) in [6, 6.07) is 15.6. The van der Waals surface area contributed by atoms with Crippen LogP contribution >= 0.6 is 0 Å². The van der Waals surface area contributed by atoms with Crippen molar-refractivity contribution in [3.05, 3.63) is 82.7 Å². The minimum absolute atomic E-state index is 0.117. The topological polar surface area (TPSA) is 84.3 Å². The fourth-order valence-corrected chi connectivity index (χ4v) is 3.41. The molecule has 2 aromatic carbocycles. The summed E-state index contributed by atoms with van der Waals surface area (Å²) in [7, 11) is 0. The molecule has 0 bridgehead atoms. The van der Waals surface area contributed by atoms with Crippen LogP contribution in [0.15, 0.2) is 60.2 Å². The molecule has 0 atom stereocenters. The number of nitrogens with zero attached hydrogens (tertiary/aromatic N) is 3. The molecule has 1 fully saturated rings. The number of nitrogens with one attached hydrogen (secondary N) is 1. The predicted molar refractivity (Wildman–Crippen MR) is 113 cm³/mol. The van der Waals surface area contributed by atoms with E-state index in [1.807, 2.05) is 45.0 Å². The Kier molecular flexibility index (Phi) is 4.79. The number of aromatic nitrogens is 2. The van der Waals surface area contributed by atoms with Gasteiger partial charge in [0, 0.05) is 11.3 Å². The zero-order valence-corrected chi connectivity index (χ0v) is 16.8. The molecule has 1 saturated heterocycles. The van der Waals surface area contributed by atoms with Gasteiger partial charge < -0.3 is 0 Å². The molecule has 1 aromatic heterocycles. The molecule has 1 aliphatic heterocycles. The van der Waals surface area contributed by atoms with Gasteiger partial charge in [0.05, 0.1) is 17.1 Å². The van der Waals surface area contributed by atoms with Gasteiger partial charge in [0.15, 0.2) is 0 Å². The summed E-state index contributed by atoms with van der Waals surface area (Å²) < 4.78 is 1.77. The van der Waals surface area contributed by atoms with Crippen LogP contribution in [0.3, 0.4) is 0 Å². The van der Waals surface area contributed by atoms with Crippen LogP contribution in [0.2, 0.25) is 0 Å². The van der Waals surface area contributed by atoms with Crippen molar-refractivity contribution in [2.75, 3.05) is 4.90 Å². The molecule has 4 amide bonds. The Balaban J connectivity index is 1.77. The van der Waals surface area contributed by atoms with Crippen LogP contribution in [-0.4, -0.2) is 27.6 Å². The number of hydrogen-bond acceptors (Lipinski definition) is 4. The molecule has 3 aromatic rings. The second-order valence-corrected chi connectivity index (χ2v) is 7.13. The molecule has 1 aliphatic rings. The molecular weight excluding hydrogens is 380 g/mol. The number of barbiturate groups is 1. The molecule has 0 saturated carbocycles. The van der Waals surface area contributed by atoms with Crippen LogP contribution in [0.1, 0.15) is 22.5 Å². The van der Waals surface area contributed by atoms with Gasteiger partial charge in [0.1, 0.15) is 5.57 Å². The zero-order chi connectivity index (χ0) is 21.4. The lowest BCUT2D eigenvalue weighted by Crippen LogP contribution is -2.54. The van der Waals surface area contributed by atoms with Gasteiger partial charge in [-0.3, -0.25) is 14.9 Å². The average molecular weight is 400 g/mol. The summed E-state index contributed by atoms with van der Waals surface area (Å²) in [6.45, 7) is 5.70. The van der Waals surface area contributed by atoms with E-state index >= 15 is 0 Å². The summed E-state index contributed by atoms with van der Waals surface area (Å²) in [5.74, 6) is -1.39. The first-order chi connectivity index (χ1) is 14.4. The lowest BCUT2D eigenvalue weighted by atomic mass is 10.1. The van der Waals surface area contributed by atoms with Crippen molar-refractivity contribution in [3.8, 4) is 5.69 Å². The Labute approximate surface area is 173 Å². The Bertz CT molecular complexity index is 1190. The maximum absolute atomic E-state index is 13.0. The molecule has 0 aliphatic carbocycles. The molecule has 2 heterocycles. The van der Waals surface area contributed by atoms with Crippen LogP contribution in [0.4, 0.5) is 10.5 Å². The molecule has 0 spiro atoms. The third-order valence-electron chi connectivity index (χ3n) is 5.03. The molecule has 1 N–H and O–H groups in total. The van der Waals surface area contributed by atoms with Crippen LogP contribution < -0.4 is 10.2 Å². The van der Waals surface area contributed by atoms with Crippen molar-refractivity contribution in [2.24, 2.45) is 0 Å². The highest BCUT2D eigenvalue weighted by Gasteiger charge is 2.37. The fraction of sp³-hybridized carbons (Fsp3) is 0.130. The van der Waals surface area contributed by atoms with Crippen molar-refractivity contribution in [1.82, 2.24) is 15.1 Å².